The van der Waals surface area contributed by atoms with Gasteiger partial charge in [0.15, 0.2) is 0 Å². The Hall–Kier alpha value is -2.43. The Morgan fingerprint density at radius 1 is 1.23 bits per heavy atom. The third-order valence-corrected chi connectivity index (χ3v) is 3.82. The molecule has 0 aliphatic heterocycles. The van der Waals surface area contributed by atoms with Crippen molar-refractivity contribution in [1.29, 1.82) is 0 Å². The van der Waals surface area contributed by atoms with Crippen molar-refractivity contribution in [2.75, 3.05) is 19.0 Å². The molecule has 1 saturated carbocycles. The van der Waals surface area contributed by atoms with Crippen LogP contribution >= 0.6 is 0 Å². The quantitative estimate of drug-likeness (QED) is 0.920. The van der Waals surface area contributed by atoms with E-state index < -0.39 is 0 Å². The van der Waals surface area contributed by atoms with Crippen molar-refractivity contribution in [3.8, 4) is 0 Å². The second-order valence-corrected chi connectivity index (χ2v) is 5.83. The van der Waals surface area contributed by atoms with E-state index in [-0.39, 0.29) is 5.91 Å². The highest BCUT2D eigenvalue weighted by Gasteiger charge is 2.25. The third-order valence-electron chi connectivity index (χ3n) is 3.82. The summed E-state index contributed by atoms with van der Waals surface area (Å²) in [5.74, 6) is 0.507. The van der Waals surface area contributed by atoms with Crippen LogP contribution in [0, 0.1) is 0 Å². The summed E-state index contributed by atoms with van der Waals surface area (Å²) in [4.78, 5) is 22.7. The summed E-state index contributed by atoms with van der Waals surface area (Å²) in [6, 6.07) is 9.53. The van der Waals surface area contributed by atoms with E-state index in [2.05, 4.69) is 15.3 Å². The van der Waals surface area contributed by atoms with Crippen LogP contribution in [-0.2, 0) is 6.54 Å². The molecule has 0 unspecified atom stereocenters. The van der Waals surface area contributed by atoms with Crippen LogP contribution < -0.4 is 10.2 Å². The molecule has 1 aromatic heterocycles. The van der Waals surface area contributed by atoms with Gasteiger partial charge in [-0.3, -0.25) is 4.79 Å². The number of hydrogen-bond donors (Lipinski definition) is 1. The molecule has 0 saturated heterocycles. The molecule has 1 heterocycles. The number of benzene rings is 1. The first kappa shape index (κ1) is 14.5. The monoisotopic (exact) mass is 296 g/mol. The Kier molecular flexibility index (Phi) is 4.04. The molecule has 5 nitrogen and oxygen atoms in total. The highest BCUT2D eigenvalue weighted by molar-refractivity contribution is 5.94. The number of nitrogens with one attached hydrogen (secondary N) is 1. The zero-order valence-corrected chi connectivity index (χ0v) is 12.9. The normalized spacial score (nSPS) is 13.7. The molecule has 0 spiro atoms. The number of aromatic nitrogens is 2. The number of rotatable bonds is 5. The average molecular weight is 296 g/mol. The van der Waals surface area contributed by atoms with Gasteiger partial charge in [-0.2, -0.15) is 0 Å². The summed E-state index contributed by atoms with van der Waals surface area (Å²) < 4.78 is 0. The zero-order valence-electron chi connectivity index (χ0n) is 12.9. The van der Waals surface area contributed by atoms with Gasteiger partial charge in [-0.05, 0) is 43.2 Å². The van der Waals surface area contributed by atoms with Gasteiger partial charge in [0, 0.05) is 37.0 Å². The van der Waals surface area contributed by atoms with Crippen LogP contribution in [0.2, 0.25) is 0 Å². The molecule has 0 atom stereocenters. The molecular weight excluding hydrogens is 276 g/mol. The summed E-state index contributed by atoms with van der Waals surface area (Å²) >= 11 is 0. The summed E-state index contributed by atoms with van der Waals surface area (Å²) in [7, 11) is 3.95. The van der Waals surface area contributed by atoms with Crippen molar-refractivity contribution in [2.45, 2.75) is 25.3 Å². The van der Waals surface area contributed by atoms with Gasteiger partial charge in [0.1, 0.15) is 6.33 Å². The van der Waals surface area contributed by atoms with E-state index >= 15 is 0 Å². The molecule has 22 heavy (non-hydrogen) atoms. The lowest BCUT2D eigenvalue weighted by Crippen LogP contribution is -2.23. The molecule has 1 N–H and O–H groups in total. The van der Waals surface area contributed by atoms with Crippen LogP contribution in [0.5, 0.6) is 0 Å². The number of anilines is 1. The largest absolute Gasteiger partial charge is 0.378 e. The van der Waals surface area contributed by atoms with Crippen LogP contribution in [0.3, 0.4) is 0 Å². The fraction of sp³-hybridized carbons (Fsp3) is 0.353. The van der Waals surface area contributed by atoms with E-state index in [1.165, 1.54) is 12.8 Å². The Morgan fingerprint density at radius 3 is 2.59 bits per heavy atom. The van der Waals surface area contributed by atoms with Gasteiger partial charge in [-0.15, -0.1) is 0 Å². The lowest BCUT2D eigenvalue weighted by Gasteiger charge is -2.12. The van der Waals surface area contributed by atoms with Crippen LogP contribution in [-0.4, -0.2) is 30.0 Å². The molecule has 1 amide bonds. The predicted octanol–water partition coefficient (Wildman–Crippen LogP) is 2.35. The minimum absolute atomic E-state index is 0.0862. The van der Waals surface area contributed by atoms with Gasteiger partial charge < -0.3 is 10.2 Å². The first-order valence-electron chi connectivity index (χ1n) is 7.50. The maximum absolute atomic E-state index is 12.2. The summed E-state index contributed by atoms with van der Waals surface area (Å²) in [6.07, 6.45) is 4.00. The van der Waals surface area contributed by atoms with Crippen LogP contribution in [0.4, 0.5) is 5.69 Å². The molecule has 1 aliphatic rings. The minimum atomic E-state index is -0.0862. The van der Waals surface area contributed by atoms with Gasteiger partial charge >= 0.3 is 0 Å². The minimum Gasteiger partial charge on any atom is -0.378 e. The fourth-order valence-electron chi connectivity index (χ4n) is 2.30. The second kappa shape index (κ2) is 6.13. The summed E-state index contributed by atoms with van der Waals surface area (Å²) in [5, 5.41) is 2.91. The molecule has 1 aliphatic carbocycles. The Bertz CT molecular complexity index is 663. The SMILES string of the molecule is CN(C)c1ccc(C(=O)NCc2cc(C3CC3)ncn2)cc1. The molecule has 3 rings (SSSR count). The standard InChI is InChI=1S/C17H20N4O/c1-21(2)15-7-5-13(6-8-15)17(22)18-10-14-9-16(12-3-4-12)20-11-19-14/h5-9,11-12H,3-4,10H2,1-2H3,(H,18,22). The molecule has 5 heteroatoms. The predicted molar refractivity (Wildman–Crippen MR) is 85.9 cm³/mol. The smallest absolute Gasteiger partial charge is 0.251 e. The maximum atomic E-state index is 12.2. The Morgan fingerprint density at radius 2 is 1.95 bits per heavy atom. The highest BCUT2D eigenvalue weighted by Crippen LogP contribution is 2.38. The number of carbonyl (C=O) groups excluding carboxylic acids is 1. The Labute approximate surface area is 130 Å². The van der Waals surface area contributed by atoms with Gasteiger partial charge in [0.2, 0.25) is 0 Å². The first-order chi connectivity index (χ1) is 10.6. The van der Waals surface area contributed by atoms with E-state index in [4.69, 9.17) is 0 Å². The first-order valence-corrected chi connectivity index (χ1v) is 7.50. The Balaban J connectivity index is 1.60. The second-order valence-electron chi connectivity index (χ2n) is 5.83. The lowest BCUT2D eigenvalue weighted by molar-refractivity contribution is 0.0950. The topological polar surface area (TPSA) is 58.1 Å². The van der Waals surface area contributed by atoms with Gasteiger partial charge in [0.25, 0.3) is 5.91 Å². The van der Waals surface area contributed by atoms with E-state index in [9.17, 15) is 4.79 Å². The molecule has 0 bridgehead atoms. The van der Waals surface area contributed by atoms with Crippen LogP contribution in [0.25, 0.3) is 0 Å². The van der Waals surface area contributed by atoms with Crippen LogP contribution in [0.1, 0.15) is 40.5 Å². The average Bonchev–Trinajstić information content (AvgIpc) is 3.38. The molecule has 1 fully saturated rings. The molecule has 1 aromatic carbocycles. The number of hydrogen-bond acceptors (Lipinski definition) is 4. The highest BCUT2D eigenvalue weighted by atomic mass is 16.1. The van der Waals surface area contributed by atoms with E-state index in [0.717, 1.165) is 17.1 Å². The van der Waals surface area contributed by atoms with Crippen molar-refractivity contribution in [3.05, 3.63) is 53.6 Å². The van der Waals surface area contributed by atoms with Crippen molar-refractivity contribution < 1.29 is 4.79 Å². The zero-order chi connectivity index (χ0) is 15.5. The van der Waals surface area contributed by atoms with Crippen molar-refractivity contribution >= 4 is 11.6 Å². The number of nitrogens with zero attached hydrogens (tertiary/aromatic N) is 3. The molecular formula is C17H20N4O. The summed E-state index contributed by atoms with van der Waals surface area (Å²) in [6.45, 7) is 0.427. The maximum Gasteiger partial charge on any atom is 0.251 e. The van der Waals surface area contributed by atoms with Gasteiger partial charge in [-0.25, -0.2) is 9.97 Å². The van der Waals surface area contributed by atoms with Crippen LogP contribution in [0.15, 0.2) is 36.7 Å². The van der Waals surface area contributed by atoms with E-state index in [0.29, 0.717) is 18.0 Å². The van der Waals surface area contributed by atoms with Crippen molar-refractivity contribution in [3.63, 3.8) is 0 Å². The lowest BCUT2D eigenvalue weighted by atomic mass is 10.2. The molecule has 114 valence electrons. The van der Waals surface area contributed by atoms with Gasteiger partial charge in [0.05, 0.1) is 12.2 Å². The van der Waals surface area contributed by atoms with Crippen molar-refractivity contribution in [2.24, 2.45) is 0 Å². The molecule has 2 aromatic rings. The van der Waals surface area contributed by atoms with E-state index in [1.807, 2.05) is 49.3 Å². The van der Waals surface area contributed by atoms with Crippen molar-refractivity contribution in [1.82, 2.24) is 15.3 Å². The summed E-state index contributed by atoms with van der Waals surface area (Å²) in [5.41, 5.74) is 3.67. The fourth-order valence-corrected chi connectivity index (χ4v) is 2.30. The van der Waals surface area contributed by atoms with Gasteiger partial charge in [-0.1, -0.05) is 0 Å². The molecule has 0 radical (unpaired) electrons. The van der Waals surface area contributed by atoms with E-state index in [1.54, 1.807) is 6.33 Å². The third kappa shape index (κ3) is 3.42. The number of amides is 1. The number of carbonyl (C=O) groups is 1.